The Labute approximate surface area is 113 Å². The number of rotatable bonds is 3. The molecule has 4 fully saturated rings. The molecular weight excluding hydrogens is 274 g/mol. The van der Waals surface area contributed by atoms with Gasteiger partial charge in [0, 0.05) is 24.7 Å². The van der Waals surface area contributed by atoms with E-state index >= 15 is 0 Å². The Morgan fingerprint density at radius 3 is 2.00 bits per heavy atom. The number of hydrogen-bond donors (Lipinski definition) is 0. The number of carbonyl (C=O) groups excluding carboxylic acids is 3. The van der Waals surface area contributed by atoms with Crippen molar-refractivity contribution in [3.63, 3.8) is 0 Å². The van der Waals surface area contributed by atoms with Gasteiger partial charge in [0.05, 0.1) is 0 Å². The normalized spacial score (nSPS) is 38.6. The molecule has 0 N–H and O–H groups in total. The summed E-state index contributed by atoms with van der Waals surface area (Å²) in [6.45, 7) is 2.77. The average Bonchev–Trinajstić information content (AvgIpc) is 2.07. The Balaban J connectivity index is 1.74. The summed E-state index contributed by atoms with van der Waals surface area (Å²) in [6, 6.07) is 0. The summed E-state index contributed by atoms with van der Waals surface area (Å²) < 4.78 is 35.2. The summed E-state index contributed by atoms with van der Waals surface area (Å²) in [4.78, 5) is 35.9. The van der Waals surface area contributed by atoms with Gasteiger partial charge < -0.3 is 9.47 Å². The smallest absolute Gasteiger partial charge is 0.331 e. The van der Waals surface area contributed by atoms with E-state index in [0.29, 0.717) is 0 Å². The molecule has 1 aliphatic heterocycles. The standard InChI is InChI=1S/C13H14F2O5/c1-11(2)19-8(17)6(9(18)20-11)7(16)12-3-13(4-12,5-12)10(14)15/h6,10H,3-5H2,1-2H3. The van der Waals surface area contributed by atoms with E-state index in [0.717, 1.165) is 0 Å². The molecule has 4 rings (SSSR count). The summed E-state index contributed by atoms with van der Waals surface area (Å²) in [7, 11) is 0. The number of carbonyl (C=O) groups is 3. The second-order valence-corrected chi connectivity index (χ2v) is 6.51. The molecule has 5 nitrogen and oxygen atoms in total. The van der Waals surface area contributed by atoms with E-state index in [9.17, 15) is 23.2 Å². The number of esters is 2. The van der Waals surface area contributed by atoms with Crippen molar-refractivity contribution in [2.75, 3.05) is 0 Å². The maximum Gasteiger partial charge on any atom is 0.331 e. The van der Waals surface area contributed by atoms with E-state index in [2.05, 4.69) is 0 Å². The highest BCUT2D eigenvalue weighted by atomic mass is 19.3. The minimum absolute atomic E-state index is 0.0386. The van der Waals surface area contributed by atoms with Crippen LogP contribution in [0.5, 0.6) is 0 Å². The summed E-state index contributed by atoms with van der Waals surface area (Å²) >= 11 is 0. The fourth-order valence-corrected chi connectivity index (χ4v) is 3.60. The van der Waals surface area contributed by atoms with Crippen molar-refractivity contribution < 1.29 is 32.6 Å². The Hall–Kier alpha value is -1.53. The molecule has 2 bridgehead atoms. The van der Waals surface area contributed by atoms with Gasteiger partial charge in [-0.15, -0.1) is 0 Å². The molecule has 0 aromatic carbocycles. The summed E-state index contributed by atoms with van der Waals surface area (Å²) in [6.07, 6.45) is -2.36. The van der Waals surface area contributed by atoms with E-state index in [1.165, 1.54) is 13.8 Å². The third-order valence-electron chi connectivity index (χ3n) is 4.48. The lowest BCUT2D eigenvalue weighted by molar-refractivity contribution is -0.264. The van der Waals surface area contributed by atoms with Gasteiger partial charge in [-0.2, -0.15) is 0 Å². The molecule has 0 amide bonds. The van der Waals surface area contributed by atoms with Crippen molar-refractivity contribution >= 4 is 17.7 Å². The minimum Gasteiger partial charge on any atom is -0.422 e. The highest BCUT2D eigenvalue weighted by Crippen LogP contribution is 2.76. The maximum absolute atomic E-state index is 12.7. The van der Waals surface area contributed by atoms with Crippen molar-refractivity contribution in [3.05, 3.63) is 0 Å². The average molecular weight is 288 g/mol. The van der Waals surface area contributed by atoms with Crippen LogP contribution in [-0.2, 0) is 23.9 Å². The first-order valence-corrected chi connectivity index (χ1v) is 6.39. The van der Waals surface area contributed by atoms with Crippen LogP contribution in [0.4, 0.5) is 8.78 Å². The van der Waals surface area contributed by atoms with Crippen LogP contribution in [0.1, 0.15) is 33.1 Å². The second-order valence-electron chi connectivity index (χ2n) is 6.51. The molecule has 1 heterocycles. The first kappa shape index (κ1) is 13.5. The molecular formula is C13H14F2O5. The van der Waals surface area contributed by atoms with Crippen LogP contribution in [0.15, 0.2) is 0 Å². The SMILES string of the molecule is CC1(C)OC(=O)C(C(=O)C23CC(C(F)F)(C2)C3)C(=O)O1. The lowest BCUT2D eigenvalue weighted by Gasteiger charge is -2.69. The van der Waals surface area contributed by atoms with Gasteiger partial charge in [0.25, 0.3) is 5.79 Å². The molecule has 3 saturated carbocycles. The van der Waals surface area contributed by atoms with Crippen LogP contribution in [0.25, 0.3) is 0 Å². The van der Waals surface area contributed by atoms with E-state index < -0.39 is 46.7 Å². The van der Waals surface area contributed by atoms with Gasteiger partial charge in [-0.25, -0.2) is 8.78 Å². The number of halogens is 2. The molecule has 0 atom stereocenters. The second kappa shape index (κ2) is 3.56. The quantitative estimate of drug-likeness (QED) is 0.580. The van der Waals surface area contributed by atoms with E-state index in [1.54, 1.807) is 0 Å². The van der Waals surface area contributed by atoms with Crippen LogP contribution in [0.3, 0.4) is 0 Å². The predicted octanol–water partition coefficient (Wildman–Crippen LogP) is 1.44. The summed E-state index contributed by atoms with van der Waals surface area (Å²) in [5.74, 6) is -5.56. The van der Waals surface area contributed by atoms with Gasteiger partial charge >= 0.3 is 11.9 Å². The largest absolute Gasteiger partial charge is 0.422 e. The van der Waals surface area contributed by atoms with Gasteiger partial charge in [0.15, 0.2) is 5.78 Å². The lowest BCUT2D eigenvalue weighted by atomic mass is 9.33. The monoisotopic (exact) mass is 288 g/mol. The fraction of sp³-hybridized carbons (Fsp3) is 0.769. The van der Waals surface area contributed by atoms with Crippen molar-refractivity contribution in [2.24, 2.45) is 16.7 Å². The summed E-state index contributed by atoms with van der Waals surface area (Å²) in [5.41, 5.74) is -2.04. The number of cyclic esters (lactones) is 2. The molecule has 0 radical (unpaired) electrons. The molecule has 20 heavy (non-hydrogen) atoms. The van der Waals surface area contributed by atoms with E-state index in [-0.39, 0.29) is 19.3 Å². The number of hydrogen-bond acceptors (Lipinski definition) is 5. The Morgan fingerprint density at radius 1 is 1.15 bits per heavy atom. The van der Waals surface area contributed by atoms with Crippen molar-refractivity contribution in [1.29, 1.82) is 0 Å². The number of Topliss-reactive ketones (excluding diaryl/α,β-unsaturated/α-hetero) is 1. The van der Waals surface area contributed by atoms with Gasteiger partial charge in [-0.1, -0.05) is 0 Å². The topological polar surface area (TPSA) is 69.7 Å². The van der Waals surface area contributed by atoms with Crippen LogP contribution >= 0.6 is 0 Å². The lowest BCUT2D eigenvalue weighted by Crippen LogP contribution is -2.70. The highest BCUT2D eigenvalue weighted by molar-refractivity contribution is 6.18. The van der Waals surface area contributed by atoms with E-state index in [4.69, 9.17) is 9.47 Å². The van der Waals surface area contributed by atoms with Gasteiger partial charge in [0.2, 0.25) is 12.3 Å². The van der Waals surface area contributed by atoms with Crippen molar-refractivity contribution in [2.45, 2.75) is 45.3 Å². The zero-order valence-electron chi connectivity index (χ0n) is 11.1. The zero-order valence-corrected chi connectivity index (χ0v) is 11.1. The zero-order chi connectivity index (χ0) is 14.9. The third-order valence-corrected chi connectivity index (χ3v) is 4.48. The molecule has 4 aliphatic rings. The number of ketones is 1. The van der Waals surface area contributed by atoms with E-state index in [1.807, 2.05) is 0 Å². The Morgan fingerprint density at radius 2 is 1.60 bits per heavy atom. The van der Waals surface area contributed by atoms with Crippen LogP contribution in [-0.4, -0.2) is 29.9 Å². The molecule has 3 aliphatic carbocycles. The van der Waals surface area contributed by atoms with Crippen molar-refractivity contribution in [1.82, 2.24) is 0 Å². The first-order chi connectivity index (χ1) is 9.11. The molecule has 110 valence electrons. The summed E-state index contributed by atoms with van der Waals surface area (Å²) in [5, 5.41) is 0. The van der Waals surface area contributed by atoms with Crippen LogP contribution in [0.2, 0.25) is 0 Å². The molecule has 1 saturated heterocycles. The molecule has 0 unspecified atom stereocenters. The highest BCUT2D eigenvalue weighted by Gasteiger charge is 2.76. The Kier molecular flexibility index (Phi) is 2.40. The first-order valence-electron chi connectivity index (χ1n) is 6.39. The Bertz CT molecular complexity index is 485. The molecule has 0 spiro atoms. The predicted molar refractivity (Wildman–Crippen MR) is 59.5 cm³/mol. The van der Waals surface area contributed by atoms with Crippen LogP contribution in [0, 0.1) is 16.7 Å². The molecule has 0 aromatic heterocycles. The number of ether oxygens (including phenoxy) is 2. The number of alkyl halides is 2. The fourth-order valence-electron chi connectivity index (χ4n) is 3.60. The van der Waals surface area contributed by atoms with Gasteiger partial charge in [-0.05, 0) is 19.3 Å². The van der Waals surface area contributed by atoms with Gasteiger partial charge in [-0.3, -0.25) is 14.4 Å². The molecule has 7 heteroatoms. The van der Waals surface area contributed by atoms with Gasteiger partial charge in [0.1, 0.15) is 0 Å². The minimum atomic E-state index is -2.47. The maximum atomic E-state index is 12.7. The van der Waals surface area contributed by atoms with Crippen molar-refractivity contribution in [3.8, 4) is 0 Å². The third kappa shape index (κ3) is 1.55. The van der Waals surface area contributed by atoms with Crippen LogP contribution < -0.4 is 0 Å². The molecule has 0 aromatic rings.